The lowest BCUT2D eigenvalue weighted by molar-refractivity contribution is -0.123. The van der Waals surface area contributed by atoms with E-state index < -0.39 is 0 Å². The van der Waals surface area contributed by atoms with Crippen LogP contribution < -0.4 is 10.1 Å². The topological polar surface area (TPSA) is 59.4 Å². The van der Waals surface area contributed by atoms with Gasteiger partial charge >= 0.3 is 0 Å². The zero-order valence-electron chi connectivity index (χ0n) is 16.2. The van der Waals surface area contributed by atoms with E-state index in [-0.39, 0.29) is 12.5 Å². The lowest BCUT2D eigenvalue weighted by atomic mass is 10.00. The minimum absolute atomic E-state index is 0.0282. The van der Waals surface area contributed by atoms with Gasteiger partial charge in [-0.05, 0) is 36.1 Å². The average Bonchev–Trinajstić information content (AvgIpc) is 3.10. The highest BCUT2D eigenvalue weighted by Gasteiger charge is 2.15. The molecular formula is C22H26N4O2. The average molecular weight is 378 g/mol. The number of benzene rings is 2. The summed E-state index contributed by atoms with van der Waals surface area (Å²) in [6.45, 7) is 3.78. The number of fused-ring (bicyclic) bond motifs is 2. The Morgan fingerprint density at radius 2 is 2.07 bits per heavy atom. The molecule has 1 N–H and O–H groups in total. The summed E-state index contributed by atoms with van der Waals surface area (Å²) in [7, 11) is 1.89. The molecule has 1 amide bonds. The van der Waals surface area contributed by atoms with Crippen LogP contribution in [0.15, 0.2) is 48.7 Å². The highest BCUT2D eigenvalue weighted by atomic mass is 16.5. The highest BCUT2D eigenvalue weighted by Crippen LogP contribution is 2.20. The maximum Gasteiger partial charge on any atom is 0.257 e. The highest BCUT2D eigenvalue weighted by molar-refractivity contribution is 5.80. The fraction of sp³-hybridized carbons (Fsp3) is 0.364. The Balaban J connectivity index is 1.16. The summed E-state index contributed by atoms with van der Waals surface area (Å²) in [5, 5.41) is 8.21. The van der Waals surface area contributed by atoms with Gasteiger partial charge < -0.3 is 10.1 Å². The van der Waals surface area contributed by atoms with Gasteiger partial charge in [-0.2, -0.15) is 5.10 Å². The number of aromatic nitrogens is 2. The van der Waals surface area contributed by atoms with E-state index in [1.54, 1.807) is 4.68 Å². The lowest BCUT2D eigenvalue weighted by Gasteiger charge is -2.28. The summed E-state index contributed by atoms with van der Waals surface area (Å²) in [6.07, 6.45) is 3.86. The van der Waals surface area contributed by atoms with Gasteiger partial charge in [0.15, 0.2) is 6.61 Å². The van der Waals surface area contributed by atoms with Crippen LogP contribution in [-0.4, -0.2) is 46.8 Å². The molecule has 0 saturated carbocycles. The first-order valence-corrected chi connectivity index (χ1v) is 9.79. The summed E-state index contributed by atoms with van der Waals surface area (Å²) in [4.78, 5) is 14.5. The second kappa shape index (κ2) is 8.44. The fourth-order valence-corrected chi connectivity index (χ4v) is 3.69. The van der Waals surface area contributed by atoms with Crippen LogP contribution in [0, 0.1) is 0 Å². The number of ether oxygens (including phenoxy) is 1. The van der Waals surface area contributed by atoms with E-state index in [0.717, 1.165) is 43.4 Å². The molecule has 2 heterocycles. The zero-order chi connectivity index (χ0) is 19.3. The molecule has 0 fully saturated rings. The largest absolute Gasteiger partial charge is 0.484 e. The van der Waals surface area contributed by atoms with E-state index in [0.29, 0.717) is 12.3 Å². The van der Waals surface area contributed by atoms with Crippen molar-refractivity contribution in [2.24, 2.45) is 7.05 Å². The minimum Gasteiger partial charge on any atom is -0.484 e. The maximum absolute atomic E-state index is 12.0. The molecule has 0 spiro atoms. The van der Waals surface area contributed by atoms with Gasteiger partial charge in [0.05, 0.1) is 11.7 Å². The van der Waals surface area contributed by atoms with E-state index in [4.69, 9.17) is 4.74 Å². The number of carbonyl (C=O) groups is 1. The number of hydrogen-bond acceptors (Lipinski definition) is 4. The molecule has 6 nitrogen and oxygen atoms in total. The van der Waals surface area contributed by atoms with Crippen LogP contribution >= 0.6 is 0 Å². The Kier molecular flexibility index (Phi) is 5.58. The van der Waals surface area contributed by atoms with E-state index >= 15 is 0 Å². The fourth-order valence-electron chi connectivity index (χ4n) is 3.69. The van der Waals surface area contributed by atoms with Gasteiger partial charge in [-0.15, -0.1) is 0 Å². The van der Waals surface area contributed by atoms with Crippen LogP contribution in [0.3, 0.4) is 0 Å². The third kappa shape index (κ3) is 4.34. The van der Waals surface area contributed by atoms with Crippen molar-refractivity contribution in [2.75, 3.05) is 26.2 Å². The van der Waals surface area contributed by atoms with Crippen molar-refractivity contribution in [3.63, 3.8) is 0 Å². The molecule has 1 aliphatic rings. The van der Waals surface area contributed by atoms with Crippen LogP contribution in [0.2, 0.25) is 0 Å². The molecular weight excluding hydrogens is 352 g/mol. The first kappa shape index (κ1) is 18.5. The summed E-state index contributed by atoms with van der Waals surface area (Å²) < 4.78 is 7.42. The second-order valence-corrected chi connectivity index (χ2v) is 7.28. The molecule has 0 bridgehead atoms. The Bertz CT molecular complexity index is 966. The smallest absolute Gasteiger partial charge is 0.257 e. The monoisotopic (exact) mass is 378 g/mol. The first-order chi connectivity index (χ1) is 13.7. The molecule has 4 rings (SSSR count). The minimum atomic E-state index is -0.0888. The maximum atomic E-state index is 12.0. The van der Waals surface area contributed by atoms with Crippen molar-refractivity contribution in [3.05, 3.63) is 59.8 Å². The summed E-state index contributed by atoms with van der Waals surface area (Å²) in [5.41, 5.74) is 3.88. The van der Waals surface area contributed by atoms with Gasteiger partial charge in [-0.1, -0.05) is 24.3 Å². The third-order valence-corrected chi connectivity index (χ3v) is 5.27. The molecule has 146 valence electrons. The number of amides is 1. The number of carbonyl (C=O) groups excluding carboxylic acids is 1. The van der Waals surface area contributed by atoms with E-state index in [9.17, 15) is 4.79 Å². The number of nitrogens with one attached hydrogen (secondary N) is 1. The molecule has 0 saturated heterocycles. The molecule has 0 atom stereocenters. The number of rotatable bonds is 7. The SMILES string of the molecule is Cn1ncc2ccc(OCC(=O)NCCCN3CCc4ccccc4C3)cc21. The Morgan fingerprint density at radius 1 is 1.21 bits per heavy atom. The standard InChI is InChI=1S/C22H26N4O2/c1-25-21-13-20(8-7-18(21)14-24-25)28-16-22(27)23-10-4-11-26-12-9-17-5-2-3-6-19(17)15-26/h2-3,5-8,13-14H,4,9-12,15-16H2,1H3,(H,23,27). The van der Waals surface area contributed by atoms with E-state index in [2.05, 4.69) is 39.6 Å². The predicted octanol–water partition coefficient (Wildman–Crippen LogP) is 2.52. The van der Waals surface area contributed by atoms with Crippen molar-refractivity contribution in [1.82, 2.24) is 20.0 Å². The Labute approximate surface area is 165 Å². The number of hydrogen-bond donors (Lipinski definition) is 1. The van der Waals surface area contributed by atoms with Gasteiger partial charge in [-0.25, -0.2) is 0 Å². The zero-order valence-corrected chi connectivity index (χ0v) is 16.2. The second-order valence-electron chi connectivity index (χ2n) is 7.28. The van der Waals surface area contributed by atoms with Crippen molar-refractivity contribution < 1.29 is 9.53 Å². The molecule has 0 unspecified atom stereocenters. The van der Waals surface area contributed by atoms with Crippen molar-refractivity contribution >= 4 is 16.8 Å². The van der Waals surface area contributed by atoms with Crippen LogP contribution in [-0.2, 0) is 24.8 Å². The van der Waals surface area contributed by atoms with Gasteiger partial charge in [0.25, 0.3) is 5.91 Å². The lowest BCUT2D eigenvalue weighted by Crippen LogP contribution is -2.34. The quantitative estimate of drug-likeness (QED) is 0.642. The summed E-state index contributed by atoms with van der Waals surface area (Å²) in [5.74, 6) is 0.590. The van der Waals surface area contributed by atoms with Crippen LogP contribution in [0.5, 0.6) is 5.75 Å². The van der Waals surface area contributed by atoms with Crippen molar-refractivity contribution in [1.29, 1.82) is 0 Å². The first-order valence-electron chi connectivity index (χ1n) is 9.79. The molecule has 0 aliphatic carbocycles. The number of aryl methyl sites for hydroxylation is 1. The molecule has 3 aromatic rings. The van der Waals surface area contributed by atoms with Crippen LogP contribution in [0.4, 0.5) is 0 Å². The van der Waals surface area contributed by atoms with E-state index in [1.165, 1.54) is 11.1 Å². The molecule has 2 aromatic carbocycles. The van der Waals surface area contributed by atoms with Gasteiger partial charge in [0.2, 0.25) is 0 Å². The van der Waals surface area contributed by atoms with Crippen LogP contribution in [0.25, 0.3) is 10.9 Å². The molecule has 1 aliphatic heterocycles. The van der Waals surface area contributed by atoms with Gasteiger partial charge in [-0.3, -0.25) is 14.4 Å². The third-order valence-electron chi connectivity index (χ3n) is 5.27. The summed E-state index contributed by atoms with van der Waals surface area (Å²) in [6, 6.07) is 14.4. The van der Waals surface area contributed by atoms with Gasteiger partial charge in [0, 0.05) is 44.7 Å². The number of nitrogens with zero attached hydrogens (tertiary/aromatic N) is 3. The predicted molar refractivity (Wildman–Crippen MR) is 109 cm³/mol. The van der Waals surface area contributed by atoms with Gasteiger partial charge in [0.1, 0.15) is 5.75 Å². The molecule has 28 heavy (non-hydrogen) atoms. The normalized spacial score (nSPS) is 14.0. The van der Waals surface area contributed by atoms with E-state index in [1.807, 2.05) is 31.4 Å². The Hall–Kier alpha value is -2.86. The van der Waals surface area contributed by atoms with Crippen molar-refractivity contribution in [3.8, 4) is 5.75 Å². The molecule has 0 radical (unpaired) electrons. The Morgan fingerprint density at radius 3 is 2.96 bits per heavy atom. The summed E-state index contributed by atoms with van der Waals surface area (Å²) >= 11 is 0. The van der Waals surface area contributed by atoms with Crippen molar-refractivity contribution in [2.45, 2.75) is 19.4 Å². The molecule has 6 heteroatoms. The molecule has 1 aromatic heterocycles. The van der Waals surface area contributed by atoms with Crippen LogP contribution in [0.1, 0.15) is 17.5 Å².